The second-order valence-corrected chi connectivity index (χ2v) is 7.43. The highest BCUT2D eigenvalue weighted by Gasteiger charge is 2.31. The van der Waals surface area contributed by atoms with E-state index in [1.807, 2.05) is 17.2 Å². The van der Waals surface area contributed by atoms with Crippen LogP contribution in [0.2, 0.25) is 0 Å². The van der Waals surface area contributed by atoms with Gasteiger partial charge in [-0.05, 0) is 44.0 Å². The number of carbonyl (C=O) groups excluding carboxylic acids is 1. The van der Waals surface area contributed by atoms with Gasteiger partial charge in [0, 0.05) is 31.2 Å². The van der Waals surface area contributed by atoms with Crippen LogP contribution in [-0.4, -0.2) is 38.4 Å². The summed E-state index contributed by atoms with van der Waals surface area (Å²) in [7, 11) is 0. The summed E-state index contributed by atoms with van der Waals surface area (Å²) in [6, 6.07) is 8.45. The molecule has 0 N–H and O–H groups in total. The zero-order valence-electron chi connectivity index (χ0n) is 15.6. The first-order valence-electron chi connectivity index (χ1n) is 9.37. The van der Waals surface area contributed by atoms with Crippen molar-refractivity contribution in [1.29, 1.82) is 0 Å². The molecule has 1 saturated heterocycles. The molecule has 5 nitrogen and oxygen atoms in total. The van der Waals surface area contributed by atoms with Crippen molar-refractivity contribution in [2.45, 2.75) is 38.6 Å². The fraction of sp³-hybridized carbons (Fsp3) is 0.381. The number of rotatable bonds is 4. The van der Waals surface area contributed by atoms with Crippen molar-refractivity contribution in [3.8, 4) is 0 Å². The highest BCUT2D eigenvalue weighted by Crippen LogP contribution is 2.31. The zero-order chi connectivity index (χ0) is 19.0. The molecule has 1 atom stereocenters. The number of likely N-dealkylation sites (tertiary alicyclic amines) is 1. The lowest BCUT2D eigenvalue weighted by atomic mass is 10.1. The van der Waals surface area contributed by atoms with Crippen LogP contribution in [0.15, 0.2) is 42.7 Å². The number of pyridine rings is 1. The van der Waals surface area contributed by atoms with Crippen molar-refractivity contribution in [1.82, 2.24) is 19.4 Å². The van der Waals surface area contributed by atoms with Crippen molar-refractivity contribution in [2.75, 3.05) is 13.1 Å². The molecule has 1 unspecified atom stereocenters. The number of fused-ring (bicyclic) bond motifs is 1. The molecule has 1 fully saturated rings. The minimum absolute atomic E-state index is 0.0389. The van der Waals surface area contributed by atoms with Crippen LogP contribution in [0.4, 0.5) is 4.39 Å². The second kappa shape index (κ2) is 7.10. The predicted octanol–water partition coefficient (Wildman–Crippen LogP) is 3.71. The average Bonchev–Trinajstić information content (AvgIpc) is 3.26. The zero-order valence-corrected chi connectivity index (χ0v) is 15.6. The first kappa shape index (κ1) is 17.6. The summed E-state index contributed by atoms with van der Waals surface area (Å²) in [5.74, 6) is 0.959. The molecule has 27 heavy (non-hydrogen) atoms. The maximum atomic E-state index is 13.4. The van der Waals surface area contributed by atoms with Crippen LogP contribution in [0.25, 0.3) is 11.0 Å². The Hall–Kier alpha value is -2.76. The van der Waals surface area contributed by atoms with Gasteiger partial charge in [0.25, 0.3) is 0 Å². The van der Waals surface area contributed by atoms with Crippen LogP contribution in [0.1, 0.15) is 43.6 Å². The summed E-state index contributed by atoms with van der Waals surface area (Å²) in [6.45, 7) is 5.63. The van der Waals surface area contributed by atoms with Crippen molar-refractivity contribution in [3.05, 3.63) is 59.9 Å². The lowest BCUT2D eigenvalue weighted by Gasteiger charge is -2.19. The van der Waals surface area contributed by atoms with Crippen molar-refractivity contribution >= 4 is 16.9 Å². The summed E-state index contributed by atoms with van der Waals surface area (Å²) in [6.07, 6.45) is 4.73. The van der Waals surface area contributed by atoms with Crippen LogP contribution >= 0.6 is 0 Å². The molecule has 0 radical (unpaired) electrons. The Kier molecular flexibility index (Phi) is 4.64. The van der Waals surface area contributed by atoms with Gasteiger partial charge in [0.1, 0.15) is 11.6 Å². The molecule has 140 valence electrons. The lowest BCUT2D eigenvalue weighted by molar-refractivity contribution is -0.129. The molecule has 1 aromatic carbocycles. The number of halogens is 1. The van der Waals surface area contributed by atoms with E-state index in [0.717, 1.165) is 23.3 Å². The smallest absolute Gasteiger partial charge is 0.227 e. The van der Waals surface area contributed by atoms with Gasteiger partial charge in [0.15, 0.2) is 0 Å². The summed E-state index contributed by atoms with van der Waals surface area (Å²) in [5, 5.41) is 0. The molecule has 2 aromatic heterocycles. The van der Waals surface area contributed by atoms with Crippen molar-refractivity contribution in [3.63, 3.8) is 0 Å². The van der Waals surface area contributed by atoms with Crippen LogP contribution in [0, 0.1) is 5.82 Å². The predicted molar refractivity (Wildman–Crippen MR) is 102 cm³/mol. The first-order chi connectivity index (χ1) is 13.0. The maximum Gasteiger partial charge on any atom is 0.227 e. The van der Waals surface area contributed by atoms with Gasteiger partial charge in [-0.25, -0.2) is 9.37 Å². The van der Waals surface area contributed by atoms with Gasteiger partial charge in [-0.15, -0.1) is 0 Å². The lowest BCUT2D eigenvalue weighted by Crippen LogP contribution is -2.30. The van der Waals surface area contributed by atoms with Crippen molar-refractivity contribution in [2.24, 2.45) is 0 Å². The minimum atomic E-state index is -0.307. The Morgan fingerprint density at radius 2 is 2.19 bits per heavy atom. The fourth-order valence-corrected chi connectivity index (χ4v) is 3.92. The summed E-state index contributed by atoms with van der Waals surface area (Å²) in [4.78, 5) is 23.6. The topological polar surface area (TPSA) is 51.0 Å². The van der Waals surface area contributed by atoms with Crippen LogP contribution in [0.3, 0.4) is 0 Å². The molecular formula is C21H23FN4O. The molecular weight excluding hydrogens is 343 g/mol. The monoisotopic (exact) mass is 366 g/mol. The SMILES string of the molecule is CC(C)n1c(C2CCN(C(=O)Cc3cccc(F)c3)C2)nc2ccncc21. The van der Waals surface area contributed by atoms with E-state index in [2.05, 4.69) is 23.4 Å². The number of hydrogen-bond donors (Lipinski definition) is 0. The molecule has 4 rings (SSSR count). The van der Waals surface area contributed by atoms with Gasteiger partial charge in [-0.2, -0.15) is 0 Å². The number of aromatic nitrogens is 3. The van der Waals surface area contributed by atoms with Gasteiger partial charge in [-0.1, -0.05) is 12.1 Å². The highest BCUT2D eigenvalue weighted by molar-refractivity contribution is 5.79. The third-order valence-electron chi connectivity index (χ3n) is 5.19. The van der Waals surface area contributed by atoms with E-state index in [1.54, 1.807) is 18.3 Å². The number of imidazole rings is 1. The summed E-state index contributed by atoms with van der Waals surface area (Å²) in [5.41, 5.74) is 2.69. The molecule has 1 amide bonds. The minimum Gasteiger partial charge on any atom is -0.342 e. The number of carbonyl (C=O) groups is 1. The largest absolute Gasteiger partial charge is 0.342 e. The number of amides is 1. The molecule has 0 saturated carbocycles. The Bertz CT molecular complexity index is 981. The highest BCUT2D eigenvalue weighted by atomic mass is 19.1. The van der Waals surface area contributed by atoms with Gasteiger partial charge in [-0.3, -0.25) is 9.78 Å². The van der Waals surface area contributed by atoms with Crippen LogP contribution in [-0.2, 0) is 11.2 Å². The van der Waals surface area contributed by atoms with Crippen LogP contribution in [0.5, 0.6) is 0 Å². The van der Waals surface area contributed by atoms with Gasteiger partial charge in [0.05, 0.1) is 23.7 Å². The first-order valence-corrected chi connectivity index (χ1v) is 9.37. The molecule has 3 aromatic rings. The number of nitrogens with zero attached hydrogens (tertiary/aromatic N) is 4. The summed E-state index contributed by atoms with van der Waals surface area (Å²) < 4.78 is 15.6. The van der Waals surface area contributed by atoms with E-state index in [0.29, 0.717) is 18.7 Å². The Morgan fingerprint density at radius 3 is 2.96 bits per heavy atom. The second-order valence-electron chi connectivity index (χ2n) is 7.43. The van der Waals surface area contributed by atoms with Crippen LogP contribution < -0.4 is 0 Å². The number of benzene rings is 1. The molecule has 1 aliphatic rings. The molecule has 0 aliphatic carbocycles. The number of hydrogen-bond acceptors (Lipinski definition) is 3. The van der Waals surface area contributed by atoms with E-state index >= 15 is 0 Å². The Morgan fingerprint density at radius 1 is 1.33 bits per heavy atom. The average molecular weight is 366 g/mol. The van der Waals surface area contributed by atoms with E-state index in [9.17, 15) is 9.18 Å². The van der Waals surface area contributed by atoms with E-state index < -0.39 is 0 Å². The third kappa shape index (κ3) is 3.44. The summed E-state index contributed by atoms with van der Waals surface area (Å²) >= 11 is 0. The van der Waals surface area contributed by atoms with Gasteiger partial charge < -0.3 is 9.47 Å². The van der Waals surface area contributed by atoms with Crippen molar-refractivity contribution < 1.29 is 9.18 Å². The normalized spacial score (nSPS) is 17.2. The third-order valence-corrected chi connectivity index (χ3v) is 5.19. The van der Waals surface area contributed by atoms with E-state index in [1.165, 1.54) is 12.1 Å². The molecule has 0 spiro atoms. The molecule has 3 heterocycles. The Balaban J connectivity index is 1.53. The fourth-order valence-electron chi connectivity index (χ4n) is 3.92. The maximum absolute atomic E-state index is 13.4. The Labute approximate surface area is 157 Å². The molecule has 0 bridgehead atoms. The standard InChI is InChI=1S/C21H23FN4O/c1-14(2)26-19-12-23-8-6-18(19)24-21(26)16-7-9-25(13-16)20(27)11-15-4-3-5-17(22)10-15/h3-6,8,10,12,14,16H,7,9,11,13H2,1-2H3. The molecule has 1 aliphatic heterocycles. The van der Waals surface area contributed by atoms with E-state index in [4.69, 9.17) is 4.98 Å². The van der Waals surface area contributed by atoms with Gasteiger partial charge >= 0.3 is 0 Å². The van der Waals surface area contributed by atoms with E-state index in [-0.39, 0.29) is 30.1 Å². The van der Waals surface area contributed by atoms with Gasteiger partial charge in [0.2, 0.25) is 5.91 Å². The molecule has 6 heteroatoms. The quantitative estimate of drug-likeness (QED) is 0.707.